The molecule has 48 heavy (non-hydrogen) atoms. The molecule has 3 fully saturated rings. The number of hydrogen-bond acceptors (Lipinski definition) is 8. The summed E-state index contributed by atoms with van der Waals surface area (Å²) in [5, 5.41) is 15.0. The van der Waals surface area contributed by atoms with Crippen molar-refractivity contribution >= 4 is 19.9 Å². The quantitative estimate of drug-likeness (QED) is 0.226. The minimum absolute atomic E-state index is 0.0530. The lowest BCUT2D eigenvalue weighted by Gasteiger charge is -2.41. The number of rotatable bonds is 12. The Kier molecular flexibility index (Phi) is 11.5. The lowest BCUT2D eigenvalue weighted by molar-refractivity contribution is -0.290. The summed E-state index contributed by atoms with van der Waals surface area (Å²) in [4.78, 5) is 13.1. The topological polar surface area (TPSA) is 105 Å². The number of benzene rings is 2. The van der Waals surface area contributed by atoms with Gasteiger partial charge in [0.1, 0.15) is 18.0 Å². The first-order valence-corrected chi connectivity index (χ1v) is 20.5. The van der Waals surface area contributed by atoms with E-state index < -0.39 is 31.9 Å². The summed E-state index contributed by atoms with van der Waals surface area (Å²) in [7, 11) is -0.399. The number of carbonyl (C=O) groups is 1. The van der Waals surface area contributed by atoms with E-state index >= 15 is 0 Å². The summed E-state index contributed by atoms with van der Waals surface area (Å²) < 4.78 is 38.4. The van der Waals surface area contributed by atoms with Crippen molar-refractivity contribution in [1.29, 1.82) is 0 Å². The second-order valence-corrected chi connectivity index (χ2v) is 20.5. The highest BCUT2D eigenvalue weighted by Crippen LogP contribution is 2.47. The number of aliphatic hydroxyl groups excluding tert-OH is 1. The predicted octanol–water partition coefficient (Wildman–Crippen LogP) is 7.23. The van der Waals surface area contributed by atoms with E-state index in [0.29, 0.717) is 32.5 Å². The maximum absolute atomic E-state index is 13.1. The third-order valence-corrected chi connectivity index (χ3v) is 15.6. The van der Waals surface area contributed by atoms with E-state index in [1.807, 2.05) is 68.4 Å². The molecule has 3 aliphatic heterocycles. The van der Waals surface area contributed by atoms with E-state index in [9.17, 15) is 9.90 Å². The maximum Gasteiger partial charge on any atom is 0.229 e. The fourth-order valence-electron chi connectivity index (χ4n) is 6.84. The van der Waals surface area contributed by atoms with Crippen LogP contribution in [-0.4, -0.2) is 75.0 Å². The molecule has 3 heterocycles. The smallest absolute Gasteiger partial charge is 0.229 e. The van der Waals surface area contributed by atoms with Crippen LogP contribution in [0.15, 0.2) is 54.6 Å². The van der Waals surface area contributed by atoms with Gasteiger partial charge in [0, 0.05) is 24.9 Å². The molecule has 266 valence electrons. The number of anilines is 1. The van der Waals surface area contributed by atoms with Gasteiger partial charge in [-0.2, -0.15) is 0 Å². The van der Waals surface area contributed by atoms with Crippen molar-refractivity contribution in [3.05, 3.63) is 60.2 Å². The Morgan fingerprint density at radius 3 is 2.38 bits per heavy atom. The maximum atomic E-state index is 13.1. The molecule has 1 amide bonds. The molecular formula is C38H57NO8Si. The molecule has 10 heteroatoms. The summed E-state index contributed by atoms with van der Waals surface area (Å²) in [6, 6.07) is 17.3. The average molecular weight is 684 g/mol. The van der Waals surface area contributed by atoms with E-state index in [4.69, 9.17) is 28.1 Å². The first-order valence-electron chi connectivity index (χ1n) is 17.6. The van der Waals surface area contributed by atoms with Crippen LogP contribution in [-0.2, 0) is 34.8 Å². The first kappa shape index (κ1) is 37.0. The van der Waals surface area contributed by atoms with Crippen molar-refractivity contribution in [3.8, 4) is 5.75 Å². The zero-order valence-corrected chi connectivity index (χ0v) is 31.1. The summed E-state index contributed by atoms with van der Waals surface area (Å²) >= 11 is 0. The van der Waals surface area contributed by atoms with Crippen LogP contribution in [0.4, 0.5) is 5.69 Å². The van der Waals surface area contributed by atoms with E-state index in [1.54, 1.807) is 7.11 Å². The second-order valence-electron chi connectivity index (χ2n) is 15.7. The van der Waals surface area contributed by atoms with Crippen LogP contribution < -0.4 is 10.1 Å². The minimum Gasteiger partial charge on any atom is -0.497 e. The van der Waals surface area contributed by atoms with Crippen molar-refractivity contribution in [2.75, 3.05) is 19.0 Å². The van der Waals surface area contributed by atoms with Gasteiger partial charge in [0.15, 0.2) is 14.1 Å². The molecular weight excluding hydrogens is 627 g/mol. The van der Waals surface area contributed by atoms with Gasteiger partial charge in [-0.15, -0.1) is 0 Å². The van der Waals surface area contributed by atoms with Gasteiger partial charge in [-0.25, -0.2) is 0 Å². The molecule has 1 spiro atoms. The van der Waals surface area contributed by atoms with Crippen LogP contribution in [0.2, 0.25) is 18.1 Å². The number of carbonyl (C=O) groups excluding carboxylic acids is 1. The molecule has 8 atom stereocenters. The van der Waals surface area contributed by atoms with Crippen LogP contribution in [0.25, 0.3) is 0 Å². The van der Waals surface area contributed by atoms with E-state index in [-0.39, 0.29) is 35.2 Å². The van der Waals surface area contributed by atoms with Gasteiger partial charge >= 0.3 is 0 Å². The van der Waals surface area contributed by atoms with Gasteiger partial charge in [-0.05, 0) is 74.1 Å². The predicted molar refractivity (Wildman–Crippen MR) is 188 cm³/mol. The number of para-hydroxylation sites is 1. The standard InChI is InChI=1S/C38H57NO8Si/c1-26(35(41)39-28-13-10-9-11-14-28)30-15-12-21-38(46-30)22-20-31(47-38)34(40)37(5)23-32(43-24-27-16-18-29(42-6)19-17-27)33(45-37)25-44-48(7,8)36(2,3)4/h9-11,13-14,16-19,26,30-34,40H,12,15,20-25H2,1-8H3,(H,39,41)/t26-,30+,31+,32?,33-,34+,37-,38+/m1/s1. The molecule has 3 aliphatic rings. The second kappa shape index (κ2) is 14.9. The zero-order chi connectivity index (χ0) is 34.7. The summed E-state index contributed by atoms with van der Waals surface area (Å²) in [5.41, 5.74) is 0.897. The molecule has 0 radical (unpaired) electrons. The summed E-state index contributed by atoms with van der Waals surface area (Å²) in [6.45, 7) is 15.8. The molecule has 5 rings (SSSR count). The number of aliphatic hydroxyl groups is 1. The Bertz CT molecular complexity index is 1350. The Labute approximate surface area is 288 Å². The number of hydrogen-bond donors (Lipinski definition) is 2. The summed E-state index contributed by atoms with van der Waals surface area (Å²) in [5.74, 6) is -0.445. The third-order valence-electron chi connectivity index (χ3n) is 11.1. The average Bonchev–Trinajstić information content (AvgIpc) is 3.62. The molecule has 0 bridgehead atoms. The van der Waals surface area contributed by atoms with Crippen LogP contribution in [0, 0.1) is 5.92 Å². The third kappa shape index (κ3) is 8.52. The van der Waals surface area contributed by atoms with Gasteiger partial charge < -0.3 is 38.5 Å². The minimum atomic E-state index is -2.05. The van der Waals surface area contributed by atoms with Crippen molar-refractivity contribution in [2.45, 2.75) is 140 Å². The molecule has 0 aromatic heterocycles. The highest BCUT2D eigenvalue weighted by atomic mass is 28.4. The normalized spacial score (nSPS) is 30.7. The van der Waals surface area contributed by atoms with E-state index in [1.165, 1.54) is 0 Å². The molecule has 3 saturated heterocycles. The lowest BCUT2D eigenvalue weighted by atomic mass is 9.89. The number of methoxy groups -OCH3 is 1. The molecule has 2 aromatic rings. The van der Waals surface area contributed by atoms with Gasteiger partial charge in [-0.3, -0.25) is 4.79 Å². The number of amides is 1. The zero-order valence-electron chi connectivity index (χ0n) is 30.1. The molecule has 9 nitrogen and oxygen atoms in total. The van der Waals surface area contributed by atoms with Crippen molar-refractivity contribution in [2.24, 2.45) is 5.92 Å². The SMILES string of the molecule is COc1ccc(COC2C[C@](C)([C@@H](O)[C@@H]3CC[C@]4(CCC[C@@H]([C@@H](C)C(=O)Nc5ccccc5)O4)O3)O[C@@H]2CO[Si](C)(C)C(C)(C)C)cc1. The van der Waals surface area contributed by atoms with Gasteiger partial charge in [0.05, 0.1) is 50.2 Å². The van der Waals surface area contributed by atoms with Crippen LogP contribution in [0.1, 0.15) is 78.7 Å². The number of ether oxygens (including phenoxy) is 5. The van der Waals surface area contributed by atoms with Gasteiger partial charge in [0.2, 0.25) is 5.91 Å². The Balaban J connectivity index is 1.24. The fraction of sp³-hybridized carbons (Fsp3) is 0.658. The number of nitrogens with one attached hydrogen (secondary N) is 1. The van der Waals surface area contributed by atoms with Crippen LogP contribution in [0.3, 0.4) is 0 Å². The van der Waals surface area contributed by atoms with Crippen molar-refractivity contribution < 1.29 is 38.0 Å². The lowest BCUT2D eigenvalue weighted by Crippen LogP contribution is -2.50. The van der Waals surface area contributed by atoms with E-state index in [2.05, 4.69) is 39.2 Å². The van der Waals surface area contributed by atoms with Gasteiger partial charge in [-0.1, -0.05) is 58.0 Å². The van der Waals surface area contributed by atoms with Crippen LogP contribution >= 0.6 is 0 Å². The summed E-state index contributed by atoms with van der Waals surface area (Å²) in [6.07, 6.45) is 1.95. The van der Waals surface area contributed by atoms with Gasteiger partial charge in [0.25, 0.3) is 0 Å². The van der Waals surface area contributed by atoms with E-state index in [0.717, 1.165) is 36.3 Å². The largest absolute Gasteiger partial charge is 0.497 e. The molecule has 1 unspecified atom stereocenters. The Morgan fingerprint density at radius 2 is 1.71 bits per heavy atom. The monoisotopic (exact) mass is 683 g/mol. The molecule has 2 N–H and O–H groups in total. The highest BCUT2D eigenvalue weighted by molar-refractivity contribution is 6.74. The van der Waals surface area contributed by atoms with Crippen molar-refractivity contribution in [1.82, 2.24) is 0 Å². The Hall–Kier alpha value is -2.31. The van der Waals surface area contributed by atoms with Crippen LogP contribution in [0.5, 0.6) is 5.75 Å². The van der Waals surface area contributed by atoms with Crippen molar-refractivity contribution in [3.63, 3.8) is 0 Å². The Morgan fingerprint density at radius 1 is 1.02 bits per heavy atom. The highest BCUT2D eigenvalue weighted by Gasteiger charge is 2.56. The fourth-order valence-corrected chi connectivity index (χ4v) is 7.85. The molecule has 0 saturated carbocycles. The molecule has 0 aliphatic carbocycles. The molecule has 2 aromatic carbocycles. The first-order chi connectivity index (χ1) is 22.6.